The van der Waals surface area contributed by atoms with Crippen molar-refractivity contribution in [1.29, 1.82) is 0 Å². The summed E-state index contributed by atoms with van der Waals surface area (Å²) in [6.45, 7) is 2.50. The van der Waals surface area contributed by atoms with Gasteiger partial charge in [0.2, 0.25) is 0 Å². The summed E-state index contributed by atoms with van der Waals surface area (Å²) in [5.74, 6) is 0.265. The third-order valence-electron chi connectivity index (χ3n) is 2.41. The highest BCUT2D eigenvalue weighted by molar-refractivity contribution is 9.10. The molecule has 2 rings (SSSR count). The maximum atomic E-state index is 11.9. The Morgan fingerprint density at radius 2 is 2.33 bits per heavy atom. The highest BCUT2D eigenvalue weighted by Crippen LogP contribution is 2.20. The Labute approximate surface area is 113 Å². The molecular formula is C12H12BrN3O2. The standard InChI is InChI=1S/C12H12BrN3O2/c1-2-16-11(14)10(7-15-16)12(17)18-9-5-3-4-8(13)6-9/h3-7H,2,14H2,1H3. The van der Waals surface area contributed by atoms with Gasteiger partial charge in [0.1, 0.15) is 17.1 Å². The van der Waals surface area contributed by atoms with Gasteiger partial charge >= 0.3 is 5.97 Å². The van der Waals surface area contributed by atoms with Crippen molar-refractivity contribution in [3.05, 3.63) is 40.5 Å². The fourth-order valence-corrected chi connectivity index (χ4v) is 1.87. The number of aromatic nitrogens is 2. The molecule has 0 spiro atoms. The molecule has 0 fully saturated rings. The largest absolute Gasteiger partial charge is 0.423 e. The summed E-state index contributed by atoms with van der Waals surface area (Å²) in [4.78, 5) is 11.9. The van der Waals surface area contributed by atoms with Crippen molar-refractivity contribution in [1.82, 2.24) is 9.78 Å². The van der Waals surface area contributed by atoms with E-state index in [0.29, 0.717) is 18.1 Å². The van der Waals surface area contributed by atoms with E-state index in [1.54, 1.807) is 18.2 Å². The van der Waals surface area contributed by atoms with Crippen LogP contribution >= 0.6 is 15.9 Å². The molecule has 1 heterocycles. The Morgan fingerprint density at radius 1 is 1.56 bits per heavy atom. The molecule has 0 saturated heterocycles. The van der Waals surface area contributed by atoms with Crippen molar-refractivity contribution >= 4 is 27.7 Å². The molecule has 1 aromatic heterocycles. The molecule has 2 aromatic rings. The number of ether oxygens (including phenoxy) is 1. The SMILES string of the molecule is CCn1ncc(C(=O)Oc2cccc(Br)c2)c1N. The van der Waals surface area contributed by atoms with Crippen LogP contribution in [0.25, 0.3) is 0 Å². The normalized spacial score (nSPS) is 10.3. The van der Waals surface area contributed by atoms with Gasteiger partial charge in [0.25, 0.3) is 0 Å². The first-order valence-electron chi connectivity index (χ1n) is 5.41. The number of halogens is 1. The van der Waals surface area contributed by atoms with E-state index >= 15 is 0 Å². The predicted octanol–water partition coefficient (Wildman–Crippen LogP) is 2.47. The van der Waals surface area contributed by atoms with Gasteiger partial charge in [-0.3, -0.25) is 0 Å². The number of nitrogens with zero attached hydrogens (tertiary/aromatic N) is 2. The fourth-order valence-electron chi connectivity index (χ4n) is 1.50. The lowest BCUT2D eigenvalue weighted by Gasteiger charge is -2.04. The molecule has 5 nitrogen and oxygen atoms in total. The Morgan fingerprint density at radius 3 is 2.94 bits per heavy atom. The number of rotatable bonds is 3. The van der Waals surface area contributed by atoms with E-state index in [-0.39, 0.29) is 5.56 Å². The minimum atomic E-state index is -0.509. The lowest BCUT2D eigenvalue weighted by molar-refractivity contribution is 0.0736. The molecule has 0 radical (unpaired) electrons. The van der Waals surface area contributed by atoms with Gasteiger partial charge in [-0.1, -0.05) is 22.0 Å². The Hall–Kier alpha value is -1.82. The van der Waals surface area contributed by atoms with Gasteiger partial charge in [0, 0.05) is 11.0 Å². The second-order valence-electron chi connectivity index (χ2n) is 3.61. The number of nitrogen functional groups attached to an aromatic ring is 1. The molecule has 0 saturated carbocycles. The maximum absolute atomic E-state index is 11.9. The summed E-state index contributed by atoms with van der Waals surface area (Å²) < 4.78 is 7.59. The molecule has 0 aliphatic rings. The zero-order chi connectivity index (χ0) is 13.1. The van der Waals surface area contributed by atoms with Crippen LogP contribution in [-0.4, -0.2) is 15.7 Å². The van der Waals surface area contributed by atoms with Crippen LogP contribution < -0.4 is 10.5 Å². The van der Waals surface area contributed by atoms with Crippen molar-refractivity contribution in [2.75, 3.05) is 5.73 Å². The average Bonchev–Trinajstić information content (AvgIpc) is 2.70. The van der Waals surface area contributed by atoms with Crippen LogP contribution in [0.4, 0.5) is 5.82 Å². The zero-order valence-corrected chi connectivity index (χ0v) is 11.3. The van der Waals surface area contributed by atoms with Crippen LogP contribution in [0.3, 0.4) is 0 Å². The molecule has 94 valence electrons. The quantitative estimate of drug-likeness (QED) is 0.698. The van der Waals surface area contributed by atoms with Crippen molar-refractivity contribution < 1.29 is 9.53 Å². The number of anilines is 1. The van der Waals surface area contributed by atoms with Crippen LogP contribution in [0.1, 0.15) is 17.3 Å². The third kappa shape index (κ3) is 2.53. The summed E-state index contributed by atoms with van der Waals surface area (Å²) in [5.41, 5.74) is 6.06. The first-order chi connectivity index (χ1) is 8.61. The van der Waals surface area contributed by atoms with Gasteiger partial charge in [-0.05, 0) is 25.1 Å². The Kier molecular flexibility index (Phi) is 3.66. The van der Waals surface area contributed by atoms with Gasteiger partial charge in [0.15, 0.2) is 0 Å². The van der Waals surface area contributed by atoms with Gasteiger partial charge in [-0.15, -0.1) is 0 Å². The van der Waals surface area contributed by atoms with E-state index in [9.17, 15) is 4.79 Å². The average molecular weight is 310 g/mol. The molecule has 0 bridgehead atoms. The van der Waals surface area contributed by atoms with Crippen LogP contribution in [0, 0.1) is 0 Å². The summed E-state index contributed by atoms with van der Waals surface area (Å²) in [6.07, 6.45) is 1.42. The third-order valence-corrected chi connectivity index (χ3v) is 2.90. The fraction of sp³-hybridized carbons (Fsp3) is 0.167. The molecule has 2 N–H and O–H groups in total. The predicted molar refractivity (Wildman–Crippen MR) is 71.4 cm³/mol. The smallest absolute Gasteiger partial charge is 0.348 e. The van der Waals surface area contributed by atoms with E-state index in [0.717, 1.165) is 4.47 Å². The van der Waals surface area contributed by atoms with Gasteiger partial charge in [-0.25, -0.2) is 9.48 Å². The number of nitrogens with two attached hydrogens (primary N) is 1. The van der Waals surface area contributed by atoms with E-state index in [1.807, 2.05) is 13.0 Å². The van der Waals surface area contributed by atoms with E-state index in [2.05, 4.69) is 21.0 Å². The first-order valence-corrected chi connectivity index (χ1v) is 6.20. The topological polar surface area (TPSA) is 70.1 Å². The monoisotopic (exact) mass is 309 g/mol. The summed E-state index contributed by atoms with van der Waals surface area (Å²) in [7, 11) is 0. The summed E-state index contributed by atoms with van der Waals surface area (Å²) in [6, 6.07) is 7.04. The van der Waals surface area contributed by atoms with Crippen LogP contribution in [-0.2, 0) is 6.54 Å². The molecule has 0 atom stereocenters. The van der Waals surface area contributed by atoms with Crippen molar-refractivity contribution in [3.63, 3.8) is 0 Å². The molecule has 1 aromatic carbocycles. The minimum Gasteiger partial charge on any atom is -0.423 e. The number of hydrogen-bond acceptors (Lipinski definition) is 4. The molecular weight excluding hydrogens is 298 g/mol. The second kappa shape index (κ2) is 5.22. The molecule has 18 heavy (non-hydrogen) atoms. The van der Waals surface area contributed by atoms with E-state index in [4.69, 9.17) is 10.5 Å². The molecule has 6 heteroatoms. The lowest BCUT2D eigenvalue weighted by Crippen LogP contribution is -2.11. The zero-order valence-electron chi connectivity index (χ0n) is 9.76. The number of carbonyl (C=O) groups excluding carboxylic acids is 1. The Bertz CT molecular complexity index is 580. The van der Waals surface area contributed by atoms with Crippen molar-refractivity contribution in [2.24, 2.45) is 0 Å². The second-order valence-corrected chi connectivity index (χ2v) is 4.52. The molecule has 0 aliphatic heterocycles. The number of aryl methyl sites for hydroxylation is 1. The minimum absolute atomic E-state index is 0.275. The van der Waals surface area contributed by atoms with Gasteiger partial charge < -0.3 is 10.5 Å². The Balaban J connectivity index is 2.19. The number of esters is 1. The first kappa shape index (κ1) is 12.6. The van der Waals surface area contributed by atoms with Crippen molar-refractivity contribution in [2.45, 2.75) is 13.5 Å². The summed E-state index contributed by atoms with van der Waals surface area (Å²) in [5, 5.41) is 4.00. The highest BCUT2D eigenvalue weighted by Gasteiger charge is 2.16. The van der Waals surface area contributed by atoms with Gasteiger partial charge in [0.05, 0.1) is 6.20 Å². The van der Waals surface area contributed by atoms with Crippen LogP contribution in [0.5, 0.6) is 5.75 Å². The van der Waals surface area contributed by atoms with Crippen molar-refractivity contribution in [3.8, 4) is 5.75 Å². The number of hydrogen-bond donors (Lipinski definition) is 1. The van der Waals surface area contributed by atoms with Crippen LogP contribution in [0.15, 0.2) is 34.9 Å². The number of benzene rings is 1. The lowest BCUT2D eigenvalue weighted by atomic mass is 10.3. The molecule has 0 aliphatic carbocycles. The maximum Gasteiger partial charge on any atom is 0.348 e. The van der Waals surface area contributed by atoms with E-state index < -0.39 is 5.97 Å². The molecule has 0 amide bonds. The van der Waals surface area contributed by atoms with Gasteiger partial charge in [-0.2, -0.15) is 5.10 Å². The molecule has 0 unspecified atom stereocenters. The van der Waals surface area contributed by atoms with E-state index in [1.165, 1.54) is 10.9 Å². The summed E-state index contributed by atoms with van der Waals surface area (Å²) >= 11 is 3.31. The highest BCUT2D eigenvalue weighted by atomic mass is 79.9. The number of carbonyl (C=O) groups is 1. The van der Waals surface area contributed by atoms with Crippen LogP contribution in [0.2, 0.25) is 0 Å².